The molecule has 6 atom stereocenters. The zero-order chi connectivity index (χ0) is 43.7. The number of allylic oxidation sites excluding steroid dienone is 2. The largest absolute Gasteiger partial charge is 0.279 e. The molecule has 0 bridgehead atoms. The molecule has 0 saturated carbocycles. The molecule has 6 aromatic rings. The summed E-state index contributed by atoms with van der Waals surface area (Å²) in [4.78, 5) is 0.307. The van der Waals surface area contributed by atoms with Crippen LogP contribution in [-0.4, -0.2) is 37.1 Å². The zero-order valence-electron chi connectivity index (χ0n) is 35.7. The van der Waals surface area contributed by atoms with Crippen LogP contribution < -0.4 is 0 Å². The highest BCUT2D eigenvalue weighted by Gasteiger charge is 2.59. The van der Waals surface area contributed by atoms with Crippen LogP contribution in [0.3, 0.4) is 0 Å². The van der Waals surface area contributed by atoms with E-state index in [0.29, 0.717) is 25.7 Å². The molecule has 0 radical (unpaired) electrons. The van der Waals surface area contributed by atoms with Gasteiger partial charge in [-0.15, -0.1) is 0 Å². The Morgan fingerprint density at radius 1 is 0.406 bits per heavy atom. The summed E-state index contributed by atoms with van der Waals surface area (Å²) in [5.41, 5.74) is 11.8. The Morgan fingerprint density at radius 3 is 1.05 bits per heavy atom. The van der Waals surface area contributed by atoms with Crippen LogP contribution in [-0.2, 0) is 20.0 Å². The molecule has 11 rings (SSSR count). The van der Waals surface area contributed by atoms with E-state index in [1.54, 1.807) is 24.3 Å². The predicted octanol–water partition coefficient (Wildman–Crippen LogP) is 11.2. The van der Waals surface area contributed by atoms with Crippen molar-refractivity contribution in [3.8, 4) is 0 Å². The fraction of sp³-hybridized carbons (Fsp3) is 0.222. The molecule has 0 saturated heterocycles. The van der Waals surface area contributed by atoms with Crippen molar-refractivity contribution < 1.29 is 16.8 Å². The number of benzene rings is 6. The maximum absolute atomic E-state index is 15.5. The van der Waals surface area contributed by atoms with E-state index in [-0.39, 0.29) is 21.6 Å². The van der Waals surface area contributed by atoms with Crippen molar-refractivity contribution >= 4 is 31.5 Å². The normalized spacial score (nSPS) is 24.1. The highest BCUT2D eigenvalue weighted by Crippen LogP contribution is 2.63. The molecule has 0 unspecified atom stereocenters. The van der Waals surface area contributed by atoms with Gasteiger partial charge in [0, 0.05) is 23.7 Å². The molecule has 0 fully saturated rings. The van der Waals surface area contributed by atoms with E-state index in [1.807, 2.05) is 98.8 Å². The summed E-state index contributed by atoms with van der Waals surface area (Å²) in [5.74, 6) is -1.36. The van der Waals surface area contributed by atoms with Gasteiger partial charge in [-0.05, 0) is 97.2 Å². The number of hydrogen-bond donors (Lipinski definition) is 0. The molecule has 2 aliphatic heterocycles. The minimum Gasteiger partial charge on any atom is -0.200 e. The Morgan fingerprint density at radius 2 is 0.719 bits per heavy atom. The summed E-state index contributed by atoms with van der Waals surface area (Å²) in [7, 11) is -8.53. The molecular weight excluding hydrogens is 833 g/mol. The molecule has 64 heavy (non-hydrogen) atoms. The van der Waals surface area contributed by atoms with Gasteiger partial charge in [0.25, 0.3) is 20.0 Å². The molecule has 0 aromatic heterocycles. The van der Waals surface area contributed by atoms with Gasteiger partial charge in [0.2, 0.25) is 0 Å². The van der Waals surface area contributed by atoms with Crippen LogP contribution in [0, 0.1) is 25.7 Å². The van der Waals surface area contributed by atoms with Crippen LogP contribution in [0.15, 0.2) is 212 Å². The van der Waals surface area contributed by atoms with Gasteiger partial charge in [0.1, 0.15) is 0 Å². The Balaban J connectivity index is 1.28. The lowest BCUT2D eigenvalue weighted by molar-refractivity contribution is 0.151. The Labute approximate surface area is 376 Å². The van der Waals surface area contributed by atoms with Gasteiger partial charge in [-0.1, -0.05) is 168 Å². The van der Waals surface area contributed by atoms with E-state index in [4.69, 9.17) is 10.2 Å². The first-order valence-electron chi connectivity index (χ1n) is 22.1. The van der Waals surface area contributed by atoms with E-state index in [2.05, 4.69) is 60.7 Å². The minimum absolute atomic E-state index is 0.0993. The van der Waals surface area contributed by atoms with Crippen LogP contribution in [0.5, 0.6) is 0 Å². The molecule has 0 spiro atoms. The van der Waals surface area contributed by atoms with Crippen molar-refractivity contribution in [2.45, 2.75) is 73.2 Å². The molecule has 10 heteroatoms. The number of nitrogens with zero attached hydrogens (tertiary/aromatic N) is 4. The standard InChI is InChI=1S/C54H48N4O4S2/c1-35-23-27-41(28-24-35)63(59,60)57-53(39-19-11-5-12-20-39)51-49-43(31-33-45(49)55-57)47(37-15-7-3-8-16-37)48(38-17-9-4-10-18-38)44-32-34-46-50(44)52(51)54(40-21-13-6-14-22-40)58(56-46)64(61,62)42-29-25-36(2)26-30-42/h3-30,47-48,51-54H,31-34H2,1-2H3/t47-,48-,51+,52+,53+,54+/m1/s1. The SMILES string of the molecule is Cc1ccc(S(=O)(=O)N2N=C3CCC4=C3[C@@H]([C@@H]3C5=C(CCC5=NN(S(=O)(=O)c5ccc(C)cc5)[C@H]3c3ccccc3)[C@@H](c3ccccc3)[C@@H]4c3ccccc3)[C@@H]2c2ccccc2)cc1. The van der Waals surface area contributed by atoms with Crippen molar-refractivity contribution in [3.63, 3.8) is 0 Å². The number of sulfonamides is 2. The van der Waals surface area contributed by atoms with Crippen molar-refractivity contribution in [1.82, 2.24) is 8.83 Å². The lowest BCUT2D eigenvalue weighted by atomic mass is 9.61. The molecule has 5 aliphatic rings. The van der Waals surface area contributed by atoms with Gasteiger partial charge < -0.3 is 0 Å². The van der Waals surface area contributed by atoms with Crippen LogP contribution in [0.2, 0.25) is 0 Å². The number of rotatable bonds is 8. The first kappa shape index (κ1) is 40.4. The second kappa shape index (κ2) is 15.7. The van der Waals surface area contributed by atoms with Gasteiger partial charge in [-0.3, -0.25) is 0 Å². The third kappa shape index (κ3) is 6.52. The van der Waals surface area contributed by atoms with Crippen molar-refractivity contribution in [2.24, 2.45) is 22.0 Å². The van der Waals surface area contributed by atoms with Gasteiger partial charge in [-0.2, -0.15) is 35.9 Å². The lowest BCUT2D eigenvalue weighted by Crippen LogP contribution is -2.50. The maximum Gasteiger partial charge on any atom is 0.279 e. The molecule has 8 nitrogen and oxygen atoms in total. The average Bonchev–Trinajstić information content (AvgIpc) is 3.94. The number of aryl methyl sites for hydroxylation is 2. The Hall–Kier alpha value is -6.36. The summed E-state index contributed by atoms with van der Waals surface area (Å²) < 4.78 is 64.6. The fourth-order valence-corrected chi connectivity index (χ4v) is 14.2. The lowest BCUT2D eigenvalue weighted by Gasteiger charge is -2.51. The smallest absolute Gasteiger partial charge is 0.200 e. The first-order valence-corrected chi connectivity index (χ1v) is 25.0. The third-order valence-electron chi connectivity index (χ3n) is 14.0. The molecule has 6 aromatic carbocycles. The Kier molecular flexibility index (Phi) is 9.92. The zero-order valence-corrected chi connectivity index (χ0v) is 37.3. The molecule has 0 N–H and O–H groups in total. The van der Waals surface area contributed by atoms with E-state index in [1.165, 1.54) is 31.1 Å². The summed E-state index contributed by atoms with van der Waals surface area (Å²) in [5, 5.41) is 10.6. The van der Waals surface area contributed by atoms with E-state index in [9.17, 15) is 0 Å². The van der Waals surface area contributed by atoms with Crippen molar-refractivity contribution in [3.05, 3.63) is 226 Å². The second-order valence-corrected chi connectivity index (χ2v) is 21.3. The summed E-state index contributed by atoms with van der Waals surface area (Å²) >= 11 is 0. The van der Waals surface area contributed by atoms with Gasteiger partial charge in [0.05, 0.1) is 33.3 Å². The molecule has 320 valence electrons. The van der Waals surface area contributed by atoms with Crippen LogP contribution >= 0.6 is 0 Å². The van der Waals surface area contributed by atoms with E-state index < -0.39 is 44.0 Å². The van der Waals surface area contributed by atoms with Gasteiger partial charge in [0.15, 0.2) is 0 Å². The third-order valence-corrected chi connectivity index (χ3v) is 17.4. The number of hydrazone groups is 2. The predicted molar refractivity (Wildman–Crippen MR) is 252 cm³/mol. The molecule has 0 amide bonds. The molecule has 2 heterocycles. The average molecular weight is 881 g/mol. The van der Waals surface area contributed by atoms with Gasteiger partial charge in [-0.25, -0.2) is 0 Å². The summed E-state index contributed by atoms with van der Waals surface area (Å²) in [6, 6.07) is 53.4. The van der Waals surface area contributed by atoms with Crippen LogP contribution in [0.1, 0.15) is 83.0 Å². The minimum atomic E-state index is -4.27. The number of fused-ring (bicyclic) bond motifs is 1. The van der Waals surface area contributed by atoms with Crippen molar-refractivity contribution in [2.75, 3.05) is 0 Å². The molecule has 3 aliphatic carbocycles. The number of hydrogen-bond acceptors (Lipinski definition) is 6. The fourth-order valence-electron chi connectivity index (χ4n) is 11.3. The van der Waals surface area contributed by atoms with E-state index >= 15 is 16.8 Å². The highest BCUT2D eigenvalue weighted by molar-refractivity contribution is 7.89. The van der Waals surface area contributed by atoms with E-state index in [0.717, 1.165) is 44.8 Å². The summed E-state index contributed by atoms with van der Waals surface area (Å²) in [6.45, 7) is 3.88. The van der Waals surface area contributed by atoms with Gasteiger partial charge >= 0.3 is 0 Å². The van der Waals surface area contributed by atoms with Crippen LogP contribution in [0.25, 0.3) is 0 Å². The first-order chi connectivity index (χ1) is 31.1. The highest BCUT2D eigenvalue weighted by atomic mass is 32.2. The van der Waals surface area contributed by atoms with Crippen LogP contribution in [0.4, 0.5) is 0 Å². The maximum atomic E-state index is 15.5. The quantitative estimate of drug-likeness (QED) is 0.152. The monoisotopic (exact) mass is 880 g/mol. The summed E-state index contributed by atoms with van der Waals surface area (Å²) in [6.07, 6.45) is 2.47. The second-order valence-electron chi connectivity index (χ2n) is 17.7. The topological polar surface area (TPSA) is 99.5 Å². The Bertz CT molecular complexity index is 2900. The van der Waals surface area contributed by atoms with Crippen molar-refractivity contribution in [1.29, 1.82) is 0 Å². The molecular formula is C54H48N4O4S2.